The van der Waals surface area contributed by atoms with Crippen LogP contribution in [0.25, 0.3) is 0 Å². The van der Waals surface area contributed by atoms with E-state index in [0.717, 1.165) is 38.7 Å². The van der Waals surface area contributed by atoms with Crippen LogP contribution in [0, 0.1) is 46.3 Å². The highest BCUT2D eigenvalue weighted by Crippen LogP contribution is 2.70. The molecule has 2 aliphatic heterocycles. The molecule has 37 heavy (non-hydrogen) atoms. The molecule has 6 heteroatoms. The Balaban J connectivity index is 1.16. The summed E-state index contributed by atoms with van der Waals surface area (Å²) in [6, 6.07) is 0. The Morgan fingerprint density at radius 2 is 1.89 bits per heavy atom. The Morgan fingerprint density at radius 1 is 1.08 bits per heavy atom. The minimum atomic E-state index is -0.953. The summed E-state index contributed by atoms with van der Waals surface area (Å²) in [5, 5.41) is 8.86. The molecule has 5 fully saturated rings. The number of carboxylic acid groups (broad SMARTS) is 1. The van der Waals surface area contributed by atoms with E-state index in [2.05, 4.69) is 33.8 Å². The third-order valence-electron chi connectivity index (χ3n) is 12.2. The highest BCUT2D eigenvalue weighted by Gasteiger charge is 2.68. The van der Waals surface area contributed by atoms with Gasteiger partial charge in [0.05, 0.1) is 25.6 Å². The first-order valence-corrected chi connectivity index (χ1v) is 15.0. The second kappa shape index (κ2) is 9.08. The third kappa shape index (κ3) is 4.02. The molecule has 11 atom stereocenters. The fraction of sp³-hybridized carbons (Fsp3) is 0.871. The Labute approximate surface area is 221 Å². The molecule has 6 aliphatic rings. The van der Waals surface area contributed by atoms with Gasteiger partial charge in [-0.05, 0) is 85.4 Å². The highest BCUT2D eigenvalue weighted by atomic mass is 16.7. The van der Waals surface area contributed by atoms with Gasteiger partial charge in [0.2, 0.25) is 0 Å². The number of carbonyl (C=O) groups is 2. The minimum Gasteiger partial charge on any atom is -0.481 e. The lowest BCUT2D eigenvalue weighted by atomic mass is 9.47. The monoisotopic (exact) mass is 514 g/mol. The van der Waals surface area contributed by atoms with Crippen molar-refractivity contribution >= 4 is 11.9 Å². The molecular formula is C31H46O6. The molecule has 3 saturated carbocycles. The van der Waals surface area contributed by atoms with Crippen LogP contribution in [0.1, 0.15) is 98.3 Å². The number of ether oxygens (including phenoxy) is 3. The first kappa shape index (κ1) is 25.9. The Bertz CT molecular complexity index is 965. The van der Waals surface area contributed by atoms with Gasteiger partial charge in [-0.2, -0.15) is 0 Å². The average Bonchev–Trinajstić information content (AvgIpc) is 3.30. The molecule has 0 radical (unpaired) electrons. The molecule has 0 unspecified atom stereocenters. The van der Waals surface area contributed by atoms with E-state index in [1.54, 1.807) is 0 Å². The van der Waals surface area contributed by atoms with Crippen LogP contribution in [0.5, 0.6) is 0 Å². The van der Waals surface area contributed by atoms with Gasteiger partial charge in [0.25, 0.3) is 0 Å². The van der Waals surface area contributed by atoms with Gasteiger partial charge in [0.15, 0.2) is 5.79 Å². The number of allylic oxidation sites excluding steroid dienone is 1. The zero-order valence-electron chi connectivity index (χ0n) is 23.2. The van der Waals surface area contributed by atoms with Crippen LogP contribution < -0.4 is 0 Å². The van der Waals surface area contributed by atoms with Crippen molar-refractivity contribution in [3.63, 3.8) is 0 Å². The summed E-state index contributed by atoms with van der Waals surface area (Å²) in [5.74, 6) is 2.08. The second-order valence-electron chi connectivity index (χ2n) is 14.0. The number of carboxylic acids is 1. The van der Waals surface area contributed by atoms with Gasteiger partial charge in [-0.1, -0.05) is 39.3 Å². The van der Waals surface area contributed by atoms with Crippen LogP contribution in [-0.2, 0) is 23.8 Å². The summed E-state index contributed by atoms with van der Waals surface area (Å²) in [7, 11) is 0. The van der Waals surface area contributed by atoms with Crippen molar-refractivity contribution in [1.29, 1.82) is 0 Å². The molecule has 2 heterocycles. The van der Waals surface area contributed by atoms with E-state index in [1.165, 1.54) is 31.3 Å². The standard InChI is InChI=1S/C31H46O6/c1-18-9-14-31(35-17-18)19(2)28-25(37-31)16-24-22-6-5-20-15-21(36-27(34)8-7-26(32)33)10-12-29(20,3)23(22)11-13-30(24,28)4/h5,18-19,21-25,28H,6-17H2,1-4H3,(H,32,33)/t18-,19+,21-,22-,23+,24-,25-,28-,29+,30+,31-/m1/s1. The van der Waals surface area contributed by atoms with E-state index in [4.69, 9.17) is 19.3 Å². The first-order valence-electron chi connectivity index (χ1n) is 15.0. The van der Waals surface area contributed by atoms with Crippen molar-refractivity contribution in [3.05, 3.63) is 11.6 Å². The maximum atomic E-state index is 12.2. The van der Waals surface area contributed by atoms with E-state index in [1.807, 2.05) is 0 Å². The van der Waals surface area contributed by atoms with Crippen LogP contribution in [-0.4, -0.2) is 41.6 Å². The molecule has 0 bridgehead atoms. The van der Waals surface area contributed by atoms with Crippen LogP contribution in [0.15, 0.2) is 11.6 Å². The largest absolute Gasteiger partial charge is 0.481 e. The number of hydrogen-bond donors (Lipinski definition) is 1. The second-order valence-corrected chi connectivity index (χ2v) is 14.0. The lowest BCUT2D eigenvalue weighted by Crippen LogP contribution is -2.52. The lowest BCUT2D eigenvalue weighted by molar-refractivity contribution is -0.272. The summed E-state index contributed by atoms with van der Waals surface area (Å²) < 4.78 is 19.1. The number of fused-ring (bicyclic) bond motifs is 7. The molecule has 1 spiro atoms. The van der Waals surface area contributed by atoms with E-state index >= 15 is 0 Å². The van der Waals surface area contributed by atoms with Gasteiger partial charge in [-0.25, -0.2) is 0 Å². The van der Waals surface area contributed by atoms with Crippen molar-refractivity contribution < 1.29 is 28.9 Å². The van der Waals surface area contributed by atoms with Gasteiger partial charge in [0.1, 0.15) is 6.10 Å². The fourth-order valence-corrected chi connectivity index (χ4v) is 10.2. The third-order valence-corrected chi connectivity index (χ3v) is 12.2. The fourth-order valence-electron chi connectivity index (χ4n) is 10.2. The molecular weight excluding hydrogens is 468 g/mol. The maximum absolute atomic E-state index is 12.2. The Kier molecular flexibility index (Phi) is 6.34. The molecule has 2 saturated heterocycles. The van der Waals surface area contributed by atoms with E-state index in [9.17, 15) is 9.59 Å². The quantitative estimate of drug-likeness (QED) is 0.359. The smallest absolute Gasteiger partial charge is 0.306 e. The van der Waals surface area contributed by atoms with Gasteiger partial charge >= 0.3 is 11.9 Å². The molecule has 6 nitrogen and oxygen atoms in total. The first-order chi connectivity index (χ1) is 17.6. The zero-order chi connectivity index (χ0) is 26.2. The molecule has 0 aromatic carbocycles. The number of esters is 1. The summed E-state index contributed by atoms with van der Waals surface area (Å²) in [5.41, 5.74) is 1.98. The summed E-state index contributed by atoms with van der Waals surface area (Å²) in [6.45, 7) is 10.6. The number of hydrogen-bond acceptors (Lipinski definition) is 5. The Hall–Kier alpha value is -1.40. The van der Waals surface area contributed by atoms with Gasteiger partial charge in [-0.15, -0.1) is 0 Å². The topological polar surface area (TPSA) is 82.1 Å². The number of aliphatic carboxylic acids is 1. The van der Waals surface area contributed by atoms with Gasteiger partial charge in [0, 0.05) is 18.8 Å². The highest BCUT2D eigenvalue weighted by molar-refractivity contribution is 5.76. The van der Waals surface area contributed by atoms with Gasteiger partial charge < -0.3 is 19.3 Å². The van der Waals surface area contributed by atoms with Crippen LogP contribution in [0.3, 0.4) is 0 Å². The minimum absolute atomic E-state index is 0.0404. The van der Waals surface area contributed by atoms with Crippen LogP contribution in [0.4, 0.5) is 0 Å². The van der Waals surface area contributed by atoms with Crippen molar-refractivity contribution in [1.82, 2.24) is 0 Å². The van der Waals surface area contributed by atoms with Crippen molar-refractivity contribution in [3.8, 4) is 0 Å². The van der Waals surface area contributed by atoms with E-state index in [-0.39, 0.29) is 36.1 Å². The van der Waals surface area contributed by atoms with Crippen LogP contribution in [0.2, 0.25) is 0 Å². The predicted octanol–water partition coefficient (Wildman–Crippen LogP) is 6.13. The molecule has 0 amide bonds. The molecule has 0 aromatic rings. The summed E-state index contributed by atoms with van der Waals surface area (Å²) >= 11 is 0. The average molecular weight is 515 g/mol. The summed E-state index contributed by atoms with van der Waals surface area (Å²) in [4.78, 5) is 23.0. The van der Waals surface area contributed by atoms with Crippen molar-refractivity contribution in [2.45, 2.75) is 116 Å². The van der Waals surface area contributed by atoms with Crippen molar-refractivity contribution in [2.24, 2.45) is 46.3 Å². The predicted molar refractivity (Wildman–Crippen MR) is 138 cm³/mol. The SMILES string of the molecule is C[C@@H]1CC[C@@]2(OC1)O[C@@H]1C[C@@H]3[C@@H]4CC=C5C[C@H](OC(=O)CCC(=O)O)CC[C@]5(C)[C@H]4CC[C@]3(C)[C@@H]1[C@@H]2C. The number of rotatable bonds is 4. The molecule has 4 aliphatic carbocycles. The maximum Gasteiger partial charge on any atom is 0.306 e. The zero-order valence-corrected chi connectivity index (χ0v) is 23.2. The summed E-state index contributed by atoms with van der Waals surface area (Å²) in [6.07, 6.45) is 12.4. The molecule has 206 valence electrons. The number of carbonyl (C=O) groups excluding carboxylic acids is 1. The van der Waals surface area contributed by atoms with E-state index < -0.39 is 5.97 Å². The van der Waals surface area contributed by atoms with Gasteiger partial charge in [-0.3, -0.25) is 9.59 Å². The lowest BCUT2D eigenvalue weighted by Gasteiger charge is -2.58. The normalized spacial score (nSPS) is 50.4. The molecule has 1 N–H and O–H groups in total. The molecule has 6 rings (SSSR count). The van der Waals surface area contributed by atoms with E-state index in [0.29, 0.717) is 47.0 Å². The van der Waals surface area contributed by atoms with Crippen molar-refractivity contribution in [2.75, 3.05) is 6.61 Å². The molecule has 0 aromatic heterocycles. The van der Waals surface area contributed by atoms with Crippen LogP contribution >= 0.6 is 0 Å². The Morgan fingerprint density at radius 3 is 2.62 bits per heavy atom.